The molecule has 0 radical (unpaired) electrons. The van der Waals surface area contributed by atoms with Crippen molar-refractivity contribution in [3.63, 3.8) is 0 Å². The topological polar surface area (TPSA) is 50.1 Å². The molecule has 0 heterocycles. The van der Waals surface area contributed by atoms with Gasteiger partial charge < -0.3 is 4.74 Å². The molecule has 78 valence electrons. The van der Waals surface area contributed by atoms with Crippen LogP contribution in [0, 0.1) is 11.3 Å². The molecular formula is C11H10ClNO2. The molecule has 1 aromatic rings. The molecule has 1 aromatic carbocycles. The summed E-state index contributed by atoms with van der Waals surface area (Å²) in [6, 6.07) is 6.93. The highest BCUT2D eigenvalue weighted by Crippen LogP contribution is 2.27. The maximum absolute atomic E-state index is 11.7. The van der Waals surface area contributed by atoms with Crippen molar-refractivity contribution in [2.45, 2.75) is 12.8 Å². The van der Waals surface area contributed by atoms with E-state index in [1.807, 2.05) is 6.07 Å². The Kier molecular flexibility index (Phi) is 4.14. The number of ether oxygens (including phenoxy) is 1. The first-order chi connectivity index (χ1) is 7.20. The van der Waals surface area contributed by atoms with Gasteiger partial charge in [0.15, 0.2) is 5.78 Å². The molecule has 1 rings (SSSR count). The van der Waals surface area contributed by atoms with Crippen molar-refractivity contribution < 1.29 is 9.53 Å². The normalized spacial score (nSPS) is 9.40. The Morgan fingerprint density at radius 2 is 2.33 bits per heavy atom. The van der Waals surface area contributed by atoms with E-state index in [-0.39, 0.29) is 18.6 Å². The summed E-state index contributed by atoms with van der Waals surface area (Å²) in [5.41, 5.74) is 0.358. The zero-order chi connectivity index (χ0) is 11.3. The number of halogens is 1. The van der Waals surface area contributed by atoms with Crippen LogP contribution in [-0.2, 0) is 0 Å². The van der Waals surface area contributed by atoms with Gasteiger partial charge in [0, 0.05) is 12.8 Å². The summed E-state index contributed by atoms with van der Waals surface area (Å²) in [5.74, 6) is 0.282. The van der Waals surface area contributed by atoms with Crippen LogP contribution in [0.2, 0.25) is 5.02 Å². The number of nitrogens with zero attached hydrogens (tertiary/aromatic N) is 1. The zero-order valence-corrected chi connectivity index (χ0v) is 9.04. The number of hydrogen-bond donors (Lipinski definition) is 0. The van der Waals surface area contributed by atoms with Gasteiger partial charge in [0.25, 0.3) is 0 Å². The number of hydrogen-bond acceptors (Lipinski definition) is 3. The highest BCUT2D eigenvalue weighted by molar-refractivity contribution is 6.34. The maximum atomic E-state index is 11.7. The zero-order valence-electron chi connectivity index (χ0n) is 8.29. The quantitative estimate of drug-likeness (QED) is 0.738. The van der Waals surface area contributed by atoms with Crippen LogP contribution in [0.4, 0.5) is 0 Å². The molecule has 15 heavy (non-hydrogen) atoms. The van der Waals surface area contributed by atoms with Crippen LogP contribution < -0.4 is 4.74 Å². The largest absolute Gasteiger partial charge is 0.496 e. The lowest BCUT2D eigenvalue weighted by Gasteiger charge is -2.07. The molecule has 0 unspecified atom stereocenters. The van der Waals surface area contributed by atoms with Gasteiger partial charge in [0.05, 0.1) is 23.8 Å². The van der Waals surface area contributed by atoms with Crippen molar-refractivity contribution in [2.24, 2.45) is 0 Å². The fourth-order valence-corrected chi connectivity index (χ4v) is 1.51. The third kappa shape index (κ3) is 2.71. The van der Waals surface area contributed by atoms with E-state index in [1.165, 1.54) is 7.11 Å². The monoisotopic (exact) mass is 223 g/mol. The predicted octanol–water partition coefficient (Wildman–Crippen LogP) is 2.84. The third-order valence-corrected chi connectivity index (χ3v) is 2.25. The van der Waals surface area contributed by atoms with Gasteiger partial charge in [-0.2, -0.15) is 5.26 Å². The molecule has 0 aromatic heterocycles. The second kappa shape index (κ2) is 5.38. The number of ketones is 1. The van der Waals surface area contributed by atoms with Gasteiger partial charge in [0.1, 0.15) is 5.75 Å². The Morgan fingerprint density at radius 3 is 2.93 bits per heavy atom. The molecule has 0 atom stereocenters. The number of benzene rings is 1. The summed E-state index contributed by atoms with van der Waals surface area (Å²) in [4.78, 5) is 11.7. The van der Waals surface area contributed by atoms with Crippen LogP contribution in [0.15, 0.2) is 18.2 Å². The fraction of sp³-hybridized carbons (Fsp3) is 0.273. The minimum Gasteiger partial charge on any atom is -0.496 e. The lowest BCUT2D eigenvalue weighted by molar-refractivity contribution is 0.0981. The molecule has 0 aliphatic heterocycles. The standard InChI is InChI=1S/C11H10ClNO2/c1-15-10-6-2-4-8(12)11(10)9(14)5-3-7-13/h2,4,6H,3,5H2,1H3. The van der Waals surface area contributed by atoms with E-state index >= 15 is 0 Å². The molecule has 3 nitrogen and oxygen atoms in total. The van der Waals surface area contributed by atoms with Crippen LogP contribution >= 0.6 is 11.6 Å². The first-order valence-corrected chi connectivity index (χ1v) is 4.81. The molecule has 0 bridgehead atoms. The van der Waals surface area contributed by atoms with Crippen LogP contribution in [0.25, 0.3) is 0 Å². The number of carbonyl (C=O) groups excluding carboxylic acids is 1. The van der Waals surface area contributed by atoms with E-state index in [1.54, 1.807) is 18.2 Å². The van der Waals surface area contributed by atoms with Crippen LogP contribution in [0.3, 0.4) is 0 Å². The second-order valence-electron chi connectivity index (χ2n) is 2.90. The highest BCUT2D eigenvalue weighted by atomic mass is 35.5. The summed E-state index contributed by atoms with van der Waals surface area (Å²) in [7, 11) is 1.48. The summed E-state index contributed by atoms with van der Waals surface area (Å²) in [5, 5.41) is 8.75. The molecule has 0 fully saturated rings. The van der Waals surface area contributed by atoms with Crippen molar-refractivity contribution in [1.29, 1.82) is 5.26 Å². The lowest BCUT2D eigenvalue weighted by Crippen LogP contribution is -2.02. The minimum atomic E-state index is -0.168. The number of rotatable bonds is 4. The summed E-state index contributed by atoms with van der Waals surface area (Å²) in [6.45, 7) is 0. The van der Waals surface area contributed by atoms with Crippen molar-refractivity contribution in [3.8, 4) is 11.8 Å². The lowest BCUT2D eigenvalue weighted by atomic mass is 10.1. The SMILES string of the molecule is COc1cccc(Cl)c1C(=O)CCC#N. The summed E-state index contributed by atoms with van der Waals surface area (Å²) in [6.07, 6.45) is 0.351. The Balaban J connectivity index is 3.01. The van der Waals surface area contributed by atoms with E-state index in [0.717, 1.165) is 0 Å². The molecule has 4 heteroatoms. The van der Waals surface area contributed by atoms with Gasteiger partial charge in [-0.05, 0) is 12.1 Å². The Hall–Kier alpha value is -1.53. The van der Waals surface area contributed by atoms with Gasteiger partial charge >= 0.3 is 0 Å². The van der Waals surface area contributed by atoms with Crippen molar-refractivity contribution in [1.82, 2.24) is 0 Å². The Labute approximate surface area is 93.2 Å². The van der Waals surface area contributed by atoms with E-state index in [9.17, 15) is 4.79 Å². The Morgan fingerprint density at radius 1 is 1.60 bits per heavy atom. The smallest absolute Gasteiger partial charge is 0.169 e. The molecule has 0 saturated carbocycles. The molecule has 0 spiro atoms. The highest BCUT2D eigenvalue weighted by Gasteiger charge is 2.15. The van der Waals surface area contributed by atoms with Crippen molar-refractivity contribution in [2.75, 3.05) is 7.11 Å². The van der Waals surface area contributed by atoms with Gasteiger partial charge in [-0.1, -0.05) is 17.7 Å². The number of nitriles is 1. The van der Waals surface area contributed by atoms with E-state index < -0.39 is 0 Å². The van der Waals surface area contributed by atoms with Crippen LogP contribution in [0.1, 0.15) is 23.2 Å². The fourth-order valence-electron chi connectivity index (χ4n) is 1.24. The number of carbonyl (C=O) groups is 1. The average Bonchev–Trinajstić information content (AvgIpc) is 2.25. The van der Waals surface area contributed by atoms with E-state index in [4.69, 9.17) is 21.6 Å². The number of Topliss-reactive ketones (excluding diaryl/α,β-unsaturated/α-hetero) is 1. The van der Waals surface area contributed by atoms with Gasteiger partial charge in [-0.15, -0.1) is 0 Å². The molecule has 0 aliphatic rings. The number of methoxy groups -OCH3 is 1. The van der Waals surface area contributed by atoms with Gasteiger partial charge in [0.2, 0.25) is 0 Å². The maximum Gasteiger partial charge on any atom is 0.169 e. The van der Waals surface area contributed by atoms with Gasteiger partial charge in [-0.3, -0.25) is 4.79 Å². The van der Waals surface area contributed by atoms with Crippen LogP contribution in [-0.4, -0.2) is 12.9 Å². The molecule has 0 N–H and O–H groups in total. The second-order valence-corrected chi connectivity index (χ2v) is 3.31. The first kappa shape index (κ1) is 11.5. The van der Waals surface area contributed by atoms with E-state index in [2.05, 4.69) is 0 Å². The molecular weight excluding hydrogens is 214 g/mol. The first-order valence-electron chi connectivity index (χ1n) is 4.43. The predicted molar refractivity (Wildman–Crippen MR) is 57.2 cm³/mol. The minimum absolute atomic E-state index is 0.163. The summed E-state index contributed by atoms with van der Waals surface area (Å²) < 4.78 is 5.04. The Bertz CT molecular complexity index is 410. The third-order valence-electron chi connectivity index (χ3n) is 1.94. The average molecular weight is 224 g/mol. The molecule has 0 amide bonds. The summed E-state index contributed by atoms with van der Waals surface area (Å²) >= 11 is 5.90. The van der Waals surface area contributed by atoms with Crippen molar-refractivity contribution in [3.05, 3.63) is 28.8 Å². The molecule has 0 saturated heterocycles. The van der Waals surface area contributed by atoms with Gasteiger partial charge in [-0.25, -0.2) is 0 Å². The van der Waals surface area contributed by atoms with E-state index in [0.29, 0.717) is 16.3 Å². The molecule has 0 aliphatic carbocycles. The van der Waals surface area contributed by atoms with Crippen molar-refractivity contribution >= 4 is 17.4 Å². The van der Waals surface area contributed by atoms with Crippen LogP contribution in [0.5, 0.6) is 5.75 Å².